The van der Waals surface area contributed by atoms with Gasteiger partial charge in [0.15, 0.2) is 0 Å². The molecule has 0 N–H and O–H groups in total. The van der Waals surface area contributed by atoms with Gasteiger partial charge >= 0.3 is 0 Å². The van der Waals surface area contributed by atoms with Crippen molar-refractivity contribution in [1.29, 1.82) is 0 Å². The van der Waals surface area contributed by atoms with Crippen LogP contribution in [0.2, 0.25) is 0 Å². The van der Waals surface area contributed by atoms with Crippen molar-refractivity contribution < 1.29 is 0 Å². The Labute approximate surface area is 110 Å². The van der Waals surface area contributed by atoms with E-state index in [1.54, 1.807) is 0 Å². The van der Waals surface area contributed by atoms with Crippen LogP contribution in [0.3, 0.4) is 0 Å². The van der Waals surface area contributed by atoms with E-state index in [4.69, 9.17) is 0 Å². The molecule has 0 nitrogen and oxygen atoms in total. The van der Waals surface area contributed by atoms with E-state index in [9.17, 15) is 0 Å². The van der Waals surface area contributed by atoms with Gasteiger partial charge in [0.2, 0.25) is 0 Å². The standard InChI is InChI=1S/C17H34/c1-4-6-7-8-12-17(5-2)15(3)10-9-11-16-13-14-16/h15-17H,4-14H2,1-3H3. The highest BCUT2D eigenvalue weighted by Crippen LogP contribution is 2.35. The van der Waals surface area contributed by atoms with Gasteiger partial charge in [-0.2, -0.15) is 0 Å². The molecule has 102 valence electrons. The van der Waals surface area contributed by atoms with Gasteiger partial charge in [-0.3, -0.25) is 0 Å². The molecule has 17 heavy (non-hydrogen) atoms. The first-order valence-corrected chi connectivity index (χ1v) is 8.27. The maximum absolute atomic E-state index is 2.50. The maximum Gasteiger partial charge on any atom is -0.0391 e. The second-order valence-corrected chi connectivity index (χ2v) is 6.37. The first-order chi connectivity index (χ1) is 8.27. The number of hydrogen-bond donors (Lipinski definition) is 0. The lowest BCUT2D eigenvalue weighted by Gasteiger charge is -2.22. The monoisotopic (exact) mass is 238 g/mol. The van der Waals surface area contributed by atoms with Crippen molar-refractivity contribution in [2.24, 2.45) is 17.8 Å². The molecule has 0 heteroatoms. The average Bonchev–Trinajstić information content (AvgIpc) is 3.13. The lowest BCUT2D eigenvalue weighted by atomic mass is 9.83. The Balaban J connectivity index is 2.04. The summed E-state index contributed by atoms with van der Waals surface area (Å²) in [5.41, 5.74) is 0. The van der Waals surface area contributed by atoms with E-state index in [2.05, 4.69) is 20.8 Å². The van der Waals surface area contributed by atoms with E-state index in [0.717, 1.165) is 17.8 Å². The van der Waals surface area contributed by atoms with Gasteiger partial charge in [0.05, 0.1) is 0 Å². The second-order valence-electron chi connectivity index (χ2n) is 6.37. The molecule has 0 amide bonds. The van der Waals surface area contributed by atoms with Gasteiger partial charge in [-0.15, -0.1) is 0 Å². The fourth-order valence-corrected chi connectivity index (χ4v) is 3.10. The lowest BCUT2D eigenvalue weighted by Crippen LogP contribution is -2.11. The summed E-state index contributed by atoms with van der Waals surface area (Å²) in [7, 11) is 0. The molecule has 1 rings (SSSR count). The zero-order valence-corrected chi connectivity index (χ0v) is 12.5. The quantitative estimate of drug-likeness (QED) is 0.376. The molecule has 1 aliphatic carbocycles. The lowest BCUT2D eigenvalue weighted by molar-refractivity contribution is 0.291. The summed E-state index contributed by atoms with van der Waals surface area (Å²) in [4.78, 5) is 0. The van der Waals surface area contributed by atoms with Crippen molar-refractivity contribution in [3.63, 3.8) is 0 Å². The second kappa shape index (κ2) is 9.00. The molecular weight excluding hydrogens is 204 g/mol. The number of rotatable bonds is 11. The normalized spacial score (nSPS) is 19.2. The molecule has 0 saturated heterocycles. The van der Waals surface area contributed by atoms with Crippen molar-refractivity contribution in [3.05, 3.63) is 0 Å². The van der Waals surface area contributed by atoms with Crippen molar-refractivity contribution in [1.82, 2.24) is 0 Å². The molecule has 2 unspecified atom stereocenters. The summed E-state index contributed by atoms with van der Waals surface area (Å²) >= 11 is 0. The molecule has 0 aromatic rings. The van der Waals surface area contributed by atoms with E-state index in [-0.39, 0.29) is 0 Å². The summed E-state index contributed by atoms with van der Waals surface area (Å²) in [5, 5.41) is 0. The van der Waals surface area contributed by atoms with Gasteiger partial charge in [0.1, 0.15) is 0 Å². The highest BCUT2D eigenvalue weighted by molar-refractivity contribution is 4.74. The zero-order valence-electron chi connectivity index (χ0n) is 12.5. The van der Waals surface area contributed by atoms with E-state index < -0.39 is 0 Å². The van der Waals surface area contributed by atoms with Crippen LogP contribution < -0.4 is 0 Å². The minimum atomic E-state index is 0.973. The molecule has 2 atom stereocenters. The topological polar surface area (TPSA) is 0 Å². The molecule has 1 fully saturated rings. The largest absolute Gasteiger partial charge is 0.0654 e. The van der Waals surface area contributed by atoms with E-state index >= 15 is 0 Å². The van der Waals surface area contributed by atoms with E-state index in [0.29, 0.717) is 0 Å². The van der Waals surface area contributed by atoms with Crippen LogP contribution in [0.25, 0.3) is 0 Å². The van der Waals surface area contributed by atoms with Crippen molar-refractivity contribution in [2.45, 2.75) is 91.4 Å². The van der Waals surface area contributed by atoms with Crippen LogP contribution in [-0.4, -0.2) is 0 Å². The molecule has 0 heterocycles. The Hall–Kier alpha value is 0. The molecule has 0 bridgehead atoms. The third-order valence-electron chi connectivity index (χ3n) is 4.73. The van der Waals surface area contributed by atoms with Gasteiger partial charge in [-0.05, 0) is 17.8 Å². The van der Waals surface area contributed by atoms with Crippen LogP contribution in [0.1, 0.15) is 91.4 Å². The van der Waals surface area contributed by atoms with Crippen LogP contribution in [0.15, 0.2) is 0 Å². The summed E-state index contributed by atoms with van der Waals surface area (Å²) < 4.78 is 0. The van der Waals surface area contributed by atoms with Crippen LogP contribution in [0.4, 0.5) is 0 Å². The average molecular weight is 238 g/mol. The first kappa shape index (κ1) is 15.1. The third-order valence-corrected chi connectivity index (χ3v) is 4.73. The van der Waals surface area contributed by atoms with Gasteiger partial charge in [0, 0.05) is 0 Å². The Morgan fingerprint density at radius 1 is 0.941 bits per heavy atom. The minimum absolute atomic E-state index is 0.973. The summed E-state index contributed by atoms with van der Waals surface area (Å²) in [6, 6.07) is 0. The molecule has 0 aromatic carbocycles. The first-order valence-electron chi connectivity index (χ1n) is 8.27. The SMILES string of the molecule is CCCCCCC(CC)C(C)CCCC1CC1. The minimum Gasteiger partial charge on any atom is -0.0654 e. The van der Waals surface area contributed by atoms with Gasteiger partial charge in [0.25, 0.3) is 0 Å². The smallest absolute Gasteiger partial charge is 0.0391 e. The van der Waals surface area contributed by atoms with E-state index in [1.807, 2.05) is 0 Å². The van der Waals surface area contributed by atoms with Crippen LogP contribution in [0, 0.1) is 17.8 Å². The van der Waals surface area contributed by atoms with Gasteiger partial charge < -0.3 is 0 Å². The molecule has 0 radical (unpaired) electrons. The Bertz CT molecular complexity index is 169. The molecule has 0 spiro atoms. The fraction of sp³-hybridized carbons (Fsp3) is 1.00. The van der Waals surface area contributed by atoms with Crippen molar-refractivity contribution >= 4 is 0 Å². The number of hydrogen-bond acceptors (Lipinski definition) is 0. The Morgan fingerprint density at radius 2 is 1.71 bits per heavy atom. The molecule has 1 saturated carbocycles. The highest BCUT2D eigenvalue weighted by atomic mass is 14.3. The summed E-state index contributed by atoms with van der Waals surface area (Å²) in [6.45, 7) is 7.20. The van der Waals surface area contributed by atoms with Gasteiger partial charge in [-0.25, -0.2) is 0 Å². The van der Waals surface area contributed by atoms with E-state index in [1.165, 1.54) is 70.6 Å². The molecule has 0 aliphatic heterocycles. The third kappa shape index (κ3) is 7.11. The predicted octanol–water partition coefficient (Wildman–Crippen LogP) is 6.20. The zero-order chi connectivity index (χ0) is 12.5. The molecule has 1 aliphatic rings. The van der Waals surface area contributed by atoms with Gasteiger partial charge in [-0.1, -0.05) is 91.4 Å². The Morgan fingerprint density at radius 3 is 2.29 bits per heavy atom. The predicted molar refractivity (Wildman–Crippen MR) is 78.3 cm³/mol. The highest BCUT2D eigenvalue weighted by Gasteiger charge is 2.21. The number of unbranched alkanes of at least 4 members (excludes halogenated alkanes) is 3. The van der Waals surface area contributed by atoms with Crippen LogP contribution >= 0.6 is 0 Å². The summed E-state index contributed by atoms with van der Waals surface area (Å²) in [6.07, 6.45) is 16.2. The van der Waals surface area contributed by atoms with Crippen LogP contribution in [-0.2, 0) is 0 Å². The van der Waals surface area contributed by atoms with Crippen LogP contribution in [0.5, 0.6) is 0 Å². The Kier molecular flexibility index (Phi) is 7.97. The van der Waals surface area contributed by atoms with Crippen molar-refractivity contribution in [3.8, 4) is 0 Å². The molecular formula is C17H34. The maximum atomic E-state index is 2.50. The fourth-order valence-electron chi connectivity index (χ4n) is 3.10. The summed E-state index contributed by atoms with van der Waals surface area (Å²) in [5.74, 6) is 3.11. The molecule has 0 aromatic heterocycles. The van der Waals surface area contributed by atoms with Crippen molar-refractivity contribution in [2.75, 3.05) is 0 Å².